The van der Waals surface area contributed by atoms with E-state index in [1.54, 1.807) is 0 Å². The highest BCUT2D eigenvalue weighted by molar-refractivity contribution is 6.02. The molecule has 2 N–H and O–H groups in total. The van der Waals surface area contributed by atoms with Crippen LogP contribution < -0.4 is 30.5 Å². The van der Waals surface area contributed by atoms with Crippen LogP contribution in [0.15, 0.2) is 444 Å². The van der Waals surface area contributed by atoms with Crippen molar-refractivity contribution in [3.63, 3.8) is 0 Å². The van der Waals surface area contributed by atoms with Gasteiger partial charge in [0.2, 0.25) is 47.8 Å². The van der Waals surface area contributed by atoms with E-state index in [1.807, 2.05) is 152 Å². The third-order valence-electron chi connectivity index (χ3n) is 21.4. The Morgan fingerprint density at radius 3 is 0.708 bits per heavy atom. The van der Waals surface area contributed by atoms with Gasteiger partial charge in [-0.15, -0.1) is 30.6 Å². The van der Waals surface area contributed by atoms with Crippen LogP contribution in [-0.2, 0) is 9.47 Å². The molecule has 0 bridgehead atoms. The first kappa shape index (κ1) is 72.5. The third kappa shape index (κ3) is 15.0. The summed E-state index contributed by atoms with van der Waals surface area (Å²) in [5, 5.41) is 28.4. The molecule has 4 heterocycles. The predicted octanol–water partition coefficient (Wildman–Crippen LogP) is 26.0. The van der Waals surface area contributed by atoms with Crippen LogP contribution in [-0.4, -0.2) is 32.2 Å². The second-order valence-electron chi connectivity index (χ2n) is 28.9. The lowest BCUT2D eigenvalue weighted by molar-refractivity contribution is 0.191. The number of para-hydroxylation sites is 8. The fourth-order valence-corrected chi connectivity index (χ4v) is 15.4. The SMILES string of the molecule is c1ccc(N(c2ccccc2)c2ccc(-c3nnc(-c4ccc(-c5ccc(C6=NNC(c7ccc(N(c8ccccc8)c8ccccc8)cc7)O6)cc5-c5cc(-c6nnc(-c7ccc(N(c8ccccc8)c8ccccc8)cc7)o6)ccc5-c5ccc(C6=NNC(c7ccc(N(c8ccccc8)c8ccccc8)cc7)O6)cc5)cc4)o3)cc2)cc1. The summed E-state index contributed by atoms with van der Waals surface area (Å²) < 4.78 is 26.8. The van der Waals surface area contributed by atoms with Crippen molar-refractivity contribution in [1.82, 2.24) is 31.2 Å². The first-order valence-electron chi connectivity index (χ1n) is 39.7. The van der Waals surface area contributed by atoms with Crippen LogP contribution in [0.25, 0.3) is 79.2 Å². The van der Waals surface area contributed by atoms with Gasteiger partial charge in [-0.2, -0.15) is 0 Å². The maximum absolute atomic E-state index is 6.89. The van der Waals surface area contributed by atoms with Gasteiger partial charge in [0.25, 0.3) is 0 Å². The fraction of sp³-hybridized carbons (Fsp3) is 0.0192. The highest BCUT2D eigenvalue weighted by atomic mass is 16.5. The average molecular weight is 1560 g/mol. The molecule has 2 aliphatic rings. The molecule has 20 rings (SSSR count). The van der Waals surface area contributed by atoms with E-state index in [0.717, 1.165) is 141 Å². The lowest BCUT2D eigenvalue weighted by atomic mass is 9.87. The van der Waals surface area contributed by atoms with Gasteiger partial charge in [0.05, 0.1) is 0 Å². The van der Waals surface area contributed by atoms with Gasteiger partial charge in [0, 0.05) is 113 Å². The molecule has 574 valence electrons. The Morgan fingerprint density at radius 1 is 0.192 bits per heavy atom. The molecule has 2 atom stereocenters. The first-order chi connectivity index (χ1) is 59.5. The van der Waals surface area contributed by atoms with Gasteiger partial charge in [0.1, 0.15) is 0 Å². The Bertz CT molecular complexity index is 6460. The Balaban J connectivity index is 0.650. The summed E-state index contributed by atoms with van der Waals surface area (Å²) in [5.41, 5.74) is 30.6. The van der Waals surface area contributed by atoms with Crippen molar-refractivity contribution in [2.24, 2.45) is 10.2 Å². The van der Waals surface area contributed by atoms with Crippen LogP contribution in [0, 0.1) is 0 Å². The van der Waals surface area contributed by atoms with Crippen LogP contribution in [0.2, 0.25) is 0 Å². The van der Waals surface area contributed by atoms with Crippen LogP contribution in [0.1, 0.15) is 34.7 Å². The van der Waals surface area contributed by atoms with E-state index >= 15 is 0 Å². The highest BCUT2D eigenvalue weighted by Gasteiger charge is 2.29. The molecule has 18 aromatic rings. The fourth-order valence-electron chi connectivity index (χ4n) is 15.4. The zero-order chi connectivity index (χ0) is 79.9. The lowest BCUT2D eigenvalue weighted by Crippen LogP contribution is -2.13. The molecule has 16 heteroatoms. The van der Waals surface area contributed by atoms with Crippen LogP contribution in [0.4, 0.5) is 68.2 Å². The molecule has 0 aliphatic carbocycles. The van der Waals surface area contributed by atoms with Crippen molar-refractivity contribution in [1.29, 1.82) is 0 Å². The monoisotopic (exact) mass is 1550 g/mol. The normalized spacial score (nSPS) is 13.4. The van der Waals surface area contributed by atoms with Gasteiger partial charge >= 0.3 is 0 Å². The minimum absolute atomic E-state index is 0.334. The summed E-state index contributed by atoms with van der Waals surface area (Å²) in [7, 11) is 0. The Hall–Kier alpha value is -16.5. The van der Waals surface area contributed by atoms with Crippen molar-refractivity contribution in [2.45, 2.75) is 12.5 Å². The molecule has 0 saturated heterocycles. The number of anilines is 12. The predicted molar refractivity (Wildman–Crippen MR) is 479 cm³/mol. The number of rotatable bonds is 23. The van der Waals surface area contributed by atoms with Gasteiger partial charge in [-0.1, -0.05) is 206 Å². The maximum Gasteiger partial charge on any atom is 0.248 e. The summed E-state index contributed by atoms with van der Waals surface area (Å²) in [6, 6.07) is 145. The molecule has 0 amide bonds. The zero-order valence-corrected chi connectivity index (χ0v) is 64.7. The molecule has 16 nitrogen and oxygen atoms in total. The number of nitrogens with one attached hydrogen (secondary N) is 2. The highest BCUT2D eigenvalue weighted by Crippen LogP contribution is 2.46. The summed E-state index contributed by atoms with van der Waals surface area (Å²) in [5.74, 6) is 2.36. The topological polar surface area (TPSA) is 158 Å². The minimum atomic E-state index is -0.594. The molecule has 16 aromatic carbocycles. The third-order valence-corrected chi connectivity index (χ3v) is 21.4. The molecule has 2 aliphatic heterocycles. The summed E-state index contributed by atoms with van der Waals surface area (Å²) in [4.78, 5) is 8.91. The number of benzene rings is 16. The second kappa shape index (κ2) is 32.8. The van der Waals surface area contributed by atoms with Crippen LogP contribution in [0.3, 0.4) is 0 Å². The Morgan fingerprint density at radius 2 is 0.408 bits per heavy atom. The number of aromatic nitrogens is 4. The van der Waals surface area contributed by atoms with E-state index in [2.05, 4.69) is 314 Å². The van der Waals surface area contributed by atoms with Crippen molar-refractivity contribution in [3.05, 3.63) is 447 Å². The Kier molecular flexibility index (Phi) is 19.8. The first-order valence-corrected chi connectivity index (χ1v) is 39.7. The molecule has 0 fully saturated rings. The van der Waals surface area contributed by atoms with Crippen molar-refractivity contribution in [3.8, 4) is 79.2 Å². The van der Waals surface area contributed by atoms with Gasteiger partial charge in [-0.3, -0.25) is 10.9 Å². The smallest absolute Gasteiger partial charge is 0.248 e. The van der Waals surface area contributed by atoms with Gasteiger partial charge in [-0.25, -0.2) is 0 Å². The quantitative estimate of drug-likeness (QED) is 0.0623. The van der Waals surface area contributed by atoms with E-state index in [1.165, 1.54) is 0 Å². The average Bonchev–Trinajstić information content (AvgIpc) is 1.47. The van der Waals surface area contributed by atoms with Gasteiger partial charge in [0.15, 0.2) is 0 Å². The molecule has 0 spiro atoms. The van der Waals surface area contributed by atoms with Crippen molar-refractivity contribution in [2.75, 3.05) is 19.6 Å². The number of ether oxygens (including phenoxy) is 2. The van der Waals surface area contributed by atoms with E-state index in [9.17, 15) is 0 Å². The molecule has 0 saturated carbocycles. The maximum atomic E-state index is 6.89. The lowest BCUT2D eigenvalue weighted by Gasteiger charge is -2.25. The number of hydrazone groups is 2. The van der Waals surface area contributed by atoms with E-state index < -0.39 is 12.5 Å². The summed E-state index contributed by atoms with van der Waals surface area (Å²) in [6.45, 7) is 0. The van der Waals surface area contributed by atoms with E-state index in [0.29, 0.717) is 40.9 Å². The summed E-state index contributed by atoms with van der Waals surface area (Å²) >= 11 is 0. The van der Waals surface area contributed by atoms with Crippen LogP contribution in [0.5, 0.6) is 0 Å². The van der Waals surface area contributed by atoms with Gasteiger partial charge < -0.3 is 37.9 Å². The Labute approximate surface area is 693 Å². The van der Waals surface area contributed by atoms with Crippen LogP contribution >= 0.6 is 0 Å². The number of hydrogen-bond acceptors (Lipinski definition) is 16. The molecule has 0 radical (unpaired) electrons. The molecular formula is C104H74N12O4. The van der Waals surface area contributed by atoms with E-state index in [-0.39, 0.29) is 0 Å². The summed E-state index contributed by atoms with van der Waals surface area (Å²) in [6.07, 6.45) is -1.12. The van der Waals surface area contributed by atoms with E-state index in [4.69, 9.17) is 38.7 Å². The zero-order valence-electron chi connectivity index (χ0n) is 64.7. The molecular weight excluding hydrogens is 1480 g/mol. The van der Waals surface area contributed by atoms with Crippen molar-refractivity contribution >= 4 is 80.0 Å². The number of hydrogen-bond donors (Lipinski definition) is 2. The van der Waals surface area contributed by atoms with Gasteiger partial charge in [-0.05, 0) is 252 Å². The molecule has 2 aromatic heterocycles. The number of nitrogens with zero attached hydrogens (tertiary/aromatic N) is 10. The second-order valence-corrected chi connectivity index (χ2v) is 28.9. The largest absolute Gasteiger partial charge is 0.446 e. The van der Waals surface area contributed by atoms with Crippen molar-refractivity contribution < 1.29 is 18.3 Å². The standard InChI is InChI=1S/C104H74N12O4/c1-9-25-81(26-10-1)113(82-27-11-2-12-28-82)89-59-49-75(50-60-89)99-107-105-97(117-99)73-45-41-71(42-46-73)93-67-57-79(103-111-109-101(119-103)77-53-63-91(64-54-77)115(85-33-17-5-18-34-85)86-35-19-6-20-36-86)69-95(93)96-70-80(104-112-110-102(120-104)78-55-65-92(66-56-78)116(87-37-21-7-22-38-87)88-39-23-8-24-40-88)58-68-94(96)72-43-47-74(48-44-72)98-106-108-100(118-98)76-51-61-90(62-52-76)114(83-29-13-3-14-30-83)84-31-15-4-16-32-84/h1-70,99,102,107,110H. The molecule has 120 heavy (non-hydrogen) atoms. The molecule has 2 unspecified atom stereocenters. The minimum Gasteiger partial charge on any atom is -0.446 e.